The minimum Gasteiger partial charge on any atom is -0.327 e. The molecule has 0 aliphatic heterocycles. The molecule has 3 nitrogen and oxygen atoms in total. The van der Waals surface area contributed by atoms with Gasteiger partial charge in [-0.3, -0.25) is 4.68 Å². The highest BCUT2D eigenvalue weighted by Crippen LogP contribution is 2.37. The maximum atomic E-state index is 6.15. The molecule has 0 amide bonds. The van der Waals surface area contributed by atoms with Gasteiger partial charge < -0.3 is 5.73 Å². The summed E-state index contributed by atoms with van der Waals surface area (Å²) in [5, 5.41) is 4.48. The first-order valence-electron chi connectivity index (χ1n) is 6.98. The van der Waals surface area contributed by atoms with Crippen LogP contribution in [-0.4, -0.2) is 15.8 Å². The molecule has 0 saturated carbocycles. The van der Waals surface area contributed by atoms with Crippen molar-refractivity contribution in [1.29, 1.82) is 0 Å². The van der Waals surface area contributed by atoms with Gasteiger partial charge in [-0.2, -0.15) is 5.10 Å². The Labute approximate surface area is 125 Å². The third-order valence-electron chi connectivity index (χ3n) is 3.34. The number of hydrogen-bond donors (Lipinski definition) is 1. The van der Waals surface area contributed by atoms with Gasteiger partial charge in [0.2, 0.25) is 0 Å². The Balaban J connectivity index is 2.16. The van der Waals surface area contributed by atoms with E-state index < -0.39 is 0 Å². The quantitative estimate of drug-likeness (QED) is 0.853. The van der Waals surface area contributed by atoms with E-state index in [1.165, 1.54) is 16.0 Å². The molecule has 1 aromatic carbocycles. The molecule has 4 heteroatoms. The van der Waals surface area contributed by atoms with Crippen molar-refractivity contribution in [3.8, 4) is 0 Å². The highest BCUT2D eigenvalue weighted by atomic mass is 32.2. The Hall–Kier alpha value is -1.26. The molecule has 108 valence electrons. The van der Waals surface area contributed by atoms with Gasteiger partial charge in [-0.25, -0.2) is 0 Å². The van der Waals surface area contributed by atoms with Crippen molar-refractivity contribution >= 4 is 11.8 Å². The summed E-state index contributed by atoms with van der Waals surface area (Å²) in [6, 6.07) is 8.86. The van der Waals surface area contributed by atoms with Crippen LogP contribution in [0.1, 0.15) is 43.1 Å². The van der Waals surface area contributed by atoms with Crippen LogP contribution in [-0.2, 0) is 7.05 Å². The van der Waals surface area contributed by atoms with Crippen molar-refractivity contribution in [2.24, 2.45) is 12.8 Å². The Kier molecular flexibility index (Phi) is 4.89. The largest absolute Gasteiger partial charge is 0.327 e. The lowest BCUT2D eigenvalue weighted by Crippen LogP contribution is -2.22. The van der Waals surface area contributed by atoms with E-state index in [9.17, 15) is 0 Å². The first-order valence-corrected chi connectivity index (χ1v) is 7.86. The fourth-order valence-electron chi connectivity index (χ4n) is 2.14. The molecule has 2 N–H and O–H groups in total. The van der Waals surface area contributed by atoms with E-state index in [2.05, 4.69) is 43.2 Å². The second-order valence-electron chi connectivity index (χ2n) is 5.57. The van der Waals surface area contributed by atoms with E-state index in [1.54, 1.807) is 11.8 Å². The highest BCUT2D eigenvalue weighted by Gasteiger charge is 2.19. The molecule has 1 aromatic heterocycles. The van der Waals surface area contributed by atoms with E-state index >= 15 is 0 Å². The molecule has 2 atom stereocenters. The van der Waals surface area contributed by atoms with Gasteiger partial charge >= 0.3 is 0 Å². The van der Waals surface area contributed by atoms with Crippen LogP contribution in [0, 0.1) is 0 Å². The summed E-state index contributed by atoms with van der Waals surface area (Å²) in [6.07, 6.45) is 3.95. The van der Waals surface area contributed by atoms with E-state index in [0.717, 1.165) is 0 Å². The second-order valence-corrected chi connectivity index (χ2v) is 6.78. The summed E-state index contributed by atoms with van der Waals surface area (Å²) in [4.78, 5) is 1.25. The molecular weight excluding hydrogens is 266 g/mol. The molecule has 2 rings (SSSR count). The number of nitrogens with two attached hydrogens (primary N) is 1. The molecule has 0 radical (unpaired) electrons. The zero-order chi connectivity index (χ0) is 14.7. The summed E-state index contributed by atoms with van der Waals surface area (Å²) in [5.41, 5.74) is 8.70. The van der Waals surface area contributed by atoms with Crippen LogP contribution in [0.2, 0.25) is 0 Å². The van der Waals surface area contributed by atoms with Crippen molar-refractivity contribution < 1.29 is 0 Å². The first-order chi connectivity index (χ1) is 9.47. The number of hydrogen-bond acceptors (Lipinski definition) is 3. The lowest BCUT2D eigenvalue weighted by Gasteiger charge is -2.19. The average Bonchev–Trinajstić information content (AvgIpc) is 2.82. The SMILES string of the molecule is CC(C)c1ccc(SC(c2cnn(C)c2)C(C)N)cc1. The minimum absolute atomic E-state index is 0.0778. The van der Waals surface area contributed by atoms with Crippen molar-refractivity contribution in [1.82, 2.24) is 9.78 Å². The van der Waals surface area contributed by atoms with Crippen molar-refractivity contribution in [3.63, 3.8) is 0 Å². The molecule has 2 unspecified atom stereocenters. The number of aryl methyl sites for hydroxylation is 1. The maximum Gasteiger partial charge on any atom is 0.0533 e. The number of benzene rings is 1. The van der Waals surface area contributed by atoms with E-state index in [0.29, 0.717) is 5.92 Å². The molecule has 0 fully saturated rings. The molecule has 0 spiro atoms. The van der Waals surface area contributed by atoms with Crippen LogP contribution in [0.4, 0.5) is 0 Å². The summed E-state index contributed by atoms with van der Waals surface area (Å²) in [7, 11) is 1.93. The third-order valence-corrected chi connectivity index (χ3v) is 4.84. The third kappa shape index (κ3) is 3.64. The Bertz CT molecular complexity index is 543. The van der Waals surface area contributed by atoms with Crippen molar-refractivity contribution in [3.05, 3.63) is 47.8 Å². The fraction of sp³-hybridized carbons (Fsp3) is 0.438. The Morgan fingerprint density at radius 3 is 2.20 bits per heavy atom. The zero-order valence-corrected chi connectivity index (χ0v) is 13.4. The molecular formula is C16H23N3S. The van der Waals surface area contributed by atoms with Gasteiger partial charge in [0.1, 0.15) is 0 Å². The number of nitrogens with zero attached hydrogens (tertiary/aromatic N) is 2. The number of aromatic nitrogens is 2. The summed E-state index contributed by atoms with van der Waals surface area (Å²) in [6.45, 7) is 6.47. The van der Waals surface area contributed by atoms with Gasteiger partial charge in [-0.15, -0.1) is 11.8 Å². The van der Waals surface area contributed by atoms with Crippen molar-refractivity contribution in [2.75, 3.05) is 0 Å². The molecule has 0 saturated heterocycles. The van der Waals surface area contributed by atoms with Crippen LogP contribution in [0.5, 0.6) is 0 Å². The Morgan fingerprint density at radius 2 is 1.75 bits per heavy atom. The van der Waals surface area contributed by atoms with Crippen LogP contribution in [0.3, 0.4) is 0 Å². The topological polar surface area (TPSA) is 43.8 Å². The second kappa shape index (κ2) is 6.46. The molecule has 2 aromatic rings. The summed E-state index contributed by atoms with van der Waals surface area (Å²) < 4.78 is 1.83. The highest BCUT2D eigenvalue weighted by molar-refractivity contribution is 7.99. The van der Waals surface area contributed by atoms with Gasteiger partial charge in [-0.05, 0) is 30.5 Å². The van der Waals surface area contributed by atoms with E-state index in [1.807, 2.05) is 31.0 Å². The molecule has 0 aliphatic carbocycles. The molecule has 1 heterocycles. The zero-order valence-electron chi connectivity index (χ0n) is 12.6. The van der Waals surface area contributed by atoms with E-state index in [-0.39, 0.29) is 11.3 Å². The Morgan fingerprint density at radius 1 is 1.10 bits per heavy atom. The smallest absolute Gasteiger partial charge is 0.0533 e. The number of rotatable bonds is 5. The summed E-state index contributed by atoms with van der Waals surface area (Å²) in [5.74, 6) is 0.566. The first kappa shape index (κ1) is 15.1. The average molecular weight is 289 g/mol. The monoisotopic (exact) mass is 289 g/mol. The van der Waals surface area contributed by atoms with Gasteiger partial charge in [-0.1, -0.05) is 26.0 Å². The fourth-order valence-corrected chi connectivity index (χ4v) is 3.20. The van der Waals surface area contributed by atoms with Gasteiger partial charge in [0.05, 0.1) is 11.4 Å². The predicted molar refractivity (Wildman–Crippen MR) is 86.0 cm³/mol. The standard InChI is InChI=1S/C16H23N3S/c1-11(2)13-5-7-15(8-6-13)20-16(12(3)17)14-9-18-19(4)10-14/h5-12,16H,17H2,1-4H3. The summed E-state index contributed by atoms with van der Waals surface area (Å²) >= 11 is 1.81. The molecule has 20 heavy (non-hydrogen) atoms. The number of thioether (sulfide) groups is 1. The normalized spacial score (nSPS) is 14.5. The lowest BCUT2D eigenvalue weighted by atomic mass is 10.0. The van der Waals surface area contributed by atoms with Gasteiger partial charge in [0.15, 0.2) is 0 Å². The van der Waals surface area contributed by atoms with E-state index in [4.69, 9.17) is 5.73 Å². The van der Waals surface area contributed by atoms with Crippen LogP contribution < -0.4 is 5.73 Å². The minimum atomic E-state index is 0.0778. The van der Waals surface area contributed by atoms with Gasteiger partial charge in [0.25, 0.3) is 0 Å². The predicted octanol–water partition coefficient (Wildman–Crippen LogP) is 3.72. The lowest BCUT2D eigenvalue weighted by molar-refractivity contribution is 0.718. The van der Waals surface area contributed by atoms with Crippen LogP contribution >= 0.6 is 11.8 Å². The van der Waals surface area contributed by atoms with Crippen LogP contribution in [0.25, 0.3) is 0 Å². The molecule has 0 bridgehead atoms. The molecule has 0 aliphatic rings. The van der Waals surface area contributed by atoms with Gasteiger partial charge in [0, 0.05) is 29.7 Å². The maximum absolute atomic E-state index is 6.15. The van der Waals surface area contributed by atoms with Crippen LogP contribution in [0.15, 0.2) is 41.6 Å². The van der Waals surface area contributed by atoms with Crippen molar-refractivity contribution in [2.45, 2.75) is 42.9 Å².